The largest absolute Gasteiger partial charge is 0.480 e. The summed E-state index contributed by atoms with van der Waals surface area (Å²) in [6.45, 7) is 4.91. The zero-order valence-electron chi connectivity index (χ0n) is 11.8. The molecule has 1 aliphatic heterocycles. The molecule has 1 aromatic rings. The van der Waals surface area contributed by atoms with Gasteiger partial charge in [-0.05, 0) is 38.9 Å². The number of carboxylic acid groups (broad SMARTS) is 1. The third-order valence-electron chi connectivity index (χ3n) is 3.77. The van der Waals surface area contributed by atoms with Crippen LogP contribution in [0.1, 0.15) is 18.9 Å². The van der Waals surface area contributed by atoms with E-state index in [1.165, 1.54) is 4.90 Å². The predicted molar refractivity (Wildman–Crippen MR) is 76.8 cm³/mol. The topological polar surface area (TPSA) is 69.6 Å². The van der Waals surface area contributed by atoms with Gasteiger partial charge in [0, 0.05) is 12.2 Å². The molecule has 1 unspecified atom stereocenters. The lowest BCUT2D eigenvalue weighted by Crippen LogP contribution is -2.46. The van der Waals surface area contributed by atoms with Gasteiger partial charge in [0.05, 0.1) is 5.41 Å². The minimum Gasteiger partial charge on any atom is -0.480 e. The van der Waals surface area contributed by atoms with E-state index in [0.29, 0.717) is 12.2 Å². The number of hydrogen-bond acceptors (Lipinski definition) is 3. The first-order chi connectivity index (χ1) is 9.42. The molecule has 0 aromatic heterocycles. The Labute approximate surface area is 118 Å². The van der Waals surface area contributed by atoms with Gasteiger partial charge >= 0.3 is 5.97 Å². The van der Waals surface area contributed by atoms with Crippen molar-refractivity contribution in [1.29, 1.82) is 0 Å². The van der Waals surface area contributed by atoms with Crippen LogP contribution < -0.4 is 10.2 Å². The highest BCUT2D eigenvalue weighted by Crippen LogP contribution is 2.29. The highest BCUT2D eigenvalue weighted by Gasteiger charge is 2.40. The molecular formula is C15H20N2O3. The molecule has 20 heavy (non-hydrogen) atoms. The smallest absolute Gasteiger partial charge is 0.323 e. The average Bonchev–Trinajstić information content (AvgIpc) is 2.84. The molecule has 2 N–H and O–H groups in total. The number of hydrogen-bond donors (Lipinski definition) is 2. The zero-order chi connectivity index (χ0) is 14.8. The Morgan fingerprint density at radius 3 is 2.50 bits per heavy atom. The van der Waals surface area contributed by atoms with Crippen LogP contribution in [0, 0.1) is 12.3 Å². The van der Waals surface area contributed by atoms with Crippen LogP contribution in [-0.4, -0.2) is 36.6 Å². The highest BCUT2D eigenvalue weighted by atomic mass is 16.4. The minimum atomic E-state index is -1.01. The molecule has 0 bridgehead atoms. The number of amides is 1. The van der Waals surface area contributed by atoms with Gasteiger partial charge in [0.15, 0.2) is 0 Å². The van der Waals surface area contributed by atoms with Crippen molar-refractivity contribution in [1.82, 2.24) is 5.32 Å². The van der Waals surface area contributed by atoms with E-state index in [9.17, 15) is 9.59 Å². The van der Waals surface area contributed by atoms with Gasteiger partial charge in [-0.1, -0.05) is 17.7 Å². The molecule has 0 radical (unpaired) electrons. The number of aryl methyl sites for hydroxylation is 1. The number of carbonyl (C=O) groups is 2. The van der Waals surface area contributed by atoms with Crippen molar-refractivity contribution in [3.63, 3.8) is 0 Å². The monoisotopic (exact) mass is 276 g/mol. The molecule has 1 aliphatic rings. The molecule has 0 aliphatic carbocycles. The summed E-state index contributed by atoms with van der Waals surface area (Å²) in [4.78, 5) is 25.1. The molecule has 1 atom stereocenters. The fourth-order valence-electron chi connectivity index (χ4n) is 2.47. The maximum Gasteiger partial charge on any atom is 0.323 e. The number of carboxylic acids is 1. The predicted octanol–water partition coefficient (Wildman–Crippen LogP) is 1.41. The number of anilines is 1. The Hall–Kier alpha value is -1.88. The maximum absolute atomic E-state index is 12.7. The van der Waals surface area contributed by atoms with Gasteiger partial charge in [0.1, 0.15) is 6.54 Å². The van der Waals surface area contributed by atoms with Gasteiger partial charge in [-0.25, -0.2) is 0 Å². The summed E-state index contributed by atoms with van der Waals surface area (Å²) < 4.78 is 0. The van der Waals surface area contributed by atoms with Crippen LogP contribution in [-0.2, 0) is 9.59 Å². The van der Waals surface area contributed by atoms with E-state index in [4.69, 9.17) is 5.11 Å². The van der Waals surface area contributed by atoms with Crippen LogP contribution in [0.4, 0.5) is 5.69 Å². The molecule has 1 saturated heterocycles. The van der Waals surface area contributed by atoms with Crippen molar-refractivity contribution in [2.75, 3.05) is 24.5 Å². The summed E-state index contributed by atoms with van der Waals surface area (Å²) in [5.41, 5.74) is 1.18. The summed E-state index contributed by atoms with van der Waals surface area (Å²) in [5.74, 6) is -1.14. The van der Waals surface area contributed by atoms with E-state index >= 15 is 0 Å². The summed E-state index contributed by atoms with van der Waals surface area (Å²) in [6, 6.07) is 7.35. The molecule has 108 valence electrons. The second-order valence-corrected chi connectivity index (χ2v) is 5.61. The third-order valence-corrected chi connectivity index (χ3v) is 3.77. The van der Waals surface area contributed by atoms with Gasteiger partial charge in [0.2, 0.25) is 5.91 Å². The quantitative estimate of drug-likeness (QED) is 0.872. The van der Waals surface area contributed by atoms with Crippen molar-refractivity contribution < 1.29 is 14.7 Å². The van der Waals surface area contributed by atoms with Crippen LogP contribution in [0.3, 0.4) is 0 Å². The highest BCUT2D eigenvalue weighted by molar-refractivity contribution is 6.01. The van der Waals surface area contributed by atoms with Crippen LogP contribution in [0.25, 0.3) is 0 Å². The number of rotatable bonds is 4. The van der Waals surface area contributed by atoms with E-state index in [1.54, 1.807) is 12.1 Å². The first-order valence-electron chi connectivity index (χ1n) is 6.73. The fourth-order valence-corrected chi connectivity index (χ4v) is 2.47. The Kier molecular flexibility index (Phi) is 4.09. The SMILES string of the molecule is Cc1ccc(N(CC(=O)O)C(=O)C2(C)CCNC2)cc1. The molecule has 1 amide bonds. The molecule has 1 aromatic carbocycles. The maximum atomic E-state index is 12.7. The zero-order valence-corrected chi connectivity index (χ0v) is 11.8. The van der Waals surface area contributed by atoms with E-state index in [1.807, 2.05) is 26.0 Å². The summed E-state index contributed by atoms with van der Waals surface area (Å²) >= 11 is 0. The molecule has 5 nitrogen and oxygen atoms in total. The molecule has 1 fully saturated rings. The van der Waals surface area contributed by atoms with E-state index < -0.39 is 11.4 Å². The van der Waals surface area contributed by atoms with Gasteiger partial charge in [-0.3, -0.25) is 9.59 Å². The standard InChI is InChI=1S/C15H20N2O3/c1-11-3-5-12(6-4-11)17(9-13(18)19)14(20)15(2)7-8-16-10-15/h3-6,16H,7-10H2,1-2H3,(H,18,19). The number of nitrogens with one attached hydrogen (secondary N) is 1. The van der Waals surface area contributed by atoms with E-state index in [2.05, 4.69) is 5.32 Å². The summed E-state index contributed by atoms with van der Waals surface area (Å²) in [7, 11) is 0. The van der Waals surface area contributed by atoms with Crippen molar-refractivity contribution in [3.8, 4) is 0 Å². The molecule has 5 heteroatoms. The van der Waals surface area contributed by atoms with Gasteiger partial charge in [0.25, 0.3) is 0 Å². The lowest BCUT2D eigenvalue weighted by atomic mass is 9.88. The van der Waals surface area contributed by atoms with E-state index in [0.717, 1.165) is 18.5 Å². The summed E-state index contributed by atoms with van der Waals surface area (Å²) in [5, 5.41) is 12.2. The van der Waals surface area contributed by atoms with Gasteiger partial charge < -0.3 is 15.3 Å². The molecular weight excluding hydrogens is 256 g/mol. The lowest BCUT2D eigenvalue weighted by molar-refractivity contribution is -0.137. The van der Waals surface area contributed by atoms with Crippen molar-refractivity contribution >= 4 is 17.6 Å². The van der Waals surface area contributed by atoms with Crippen molar-refractivity contribution in [3.05, 3.63) is 29.8 Å². The molecule has 0 saturated carbocycles. The normalized spacial score (nSPS) is 21.7. The number of aliphatic carboxylic acids is 1. The first-order valence-corrected chi connectivity index (χ1v) is 6.73. The summed E-state index contributed by atoms with van der Waals surface area (Å²) in [6.07, 6.45) is 0.730. The van der Waals surface area contributed by atoms with Crippen molar-refractivity contribution in [2.45, 2.75) is 20.3 Å². The van der Waals surface area contributed by atoms with E-state index in [-0.39, 0.29) is 12.5 Å². The fraction of sp³-hybridized carbons (Fsp3) is 0.467. The average molecular weight is 276 g/mol. The number of carbonyl (C=O) groups excluding carboxylic acids is 1. The Morgan fingerprint density at radius 2 is 2.00 bits per heavy atom. The number of nitrogens with zero attached hydrogens (tertiary/aromatic N) is 1. The van der Waals surface area contributed by atoms with Crippen LogP contribution in [0.2, 0.25) is 0 Å². The van der Waals surface area contributed by atoms with Crippen LogP contribution in [0.15, 0.2) is 24.3 Å². The lowest BCUT2D eigenvalue weighted by Gasteiger charge is -2.30. The minimum absolute atomic E-state index is 0.131. The Morgan fingerprint density at radius 1 is 1.35 bits per heavy atom. The number of benzene rings is 1. The van der Waals surface area contributed by atoms with Crippen molar-refractivity contribution in [2.24, 2.45) is 5.41 Å². The molecule has 0 spiro atoms. The van der Waals surface area contributed by atoms with Gasteiger partial charge in [-0.2, -0.15) is 0 Å². The Bertz CT molecular complexity index is 504. The first kappa shape index (κ1) is 14.5. The second-order valence-electron chi connectivity index (χ2n) is 5.61. The second kappa shape index (κ2) is 5.63. The van der Waals surface area contributed by atoms with Crippen LogP contribution in [0.5, 0.6) is 0 Å². The van der Waals surface area contributed by atoms with Gasteiger partial charge in [-0.15, -0.1) is 0 Å². The molecule has 2 rings (SSSR count). The molecule has 1 heterocycles. The Balaban J connectivity index is 2.29. The van der Waals surface area contributed by atoms with Crippen LogP contribution >= 0.6 is 0 Å². The third kappa shape index (κ3) is 2.99.